The van der Waals surface area contributed by atoms with E-state index in [4.69, 9.17) is 16.7 Å². The fourth-order valence-electron chi connectivity index (χ4n) is 2.58. The maximum absolute atomic E-state index is 10.9. The predicted octanol–water partition coefficient (Wildman–Crippen LogP) is 4.38. The van der Waals surface area contributed by atoms with Crippen molar-refractivity contribution in [1.29, 1.82) is 0 Å². The molecule has 0 bridgehead atoms. The molecular weight excluding hydrogens is 294 g/mol. The van der Waals surface area contributed by atoms with Crippen molar-refractivity contribution in [3.63, 3.8) is 0 Å². The third-order valence-corrected chi connectivity index (χ3v) is 5.38. The van der Waals surface area contributed by atoms with Crippen LogP contribution in [0, 0.1) is 0 Å². The molecule has 2 rings (SSSR count). The number of halogens is 1. The average Bonchev–Trinajstić information content (AvgIpc) is 2.39. The molecule has 1 aromatic rings. The highest BCUT2D eigenvalue weighted by atomic mass is 35.5. The fraction of sp³-hybridized carbons (Fsp3) is 0.533. The number of nitrogens with zero attached hydrogens (tertiary/aromatic N) is 1. The standard InChI is InChI=1S/C15H20ClNO2S/c1-10(2)17-14(11-3-5-12(16)6-4-11)8-7-13(20-17)9-15(18)19/h3-6,10,13-14H,7-9H2,1-2H3,(H,18,19)/t13-,14?/m1/s1. The van der Waals surface area contributed by atoms with Crippen molar-refractivity contribution in [1.82, 2.24) is 4.31 Å². The van der Waals surface area contributed by atoms with E-state index in [1.54, 1.807) is 11.9 Å². The van der Waals surface area contributed by atoms with E-state index in [1.165, 1.54) is 5.56 Å². The summed E-state index contributed by atoms with van der Waals surface area (Å²) in [7, 11) is 0. The lowest BCUT2D eigenvalue weighted by molar-refractivity contribution is -0.137. The predicted molar refractivity (Wildman–Crippen MR) is 84.0 cm³/mol. The molecule has 1 fully saturated rings. The highest BCUT2D eigenvalue weighted by molar-refractivity contribution is 7.97. The molecule has 0 saturated carbocycles. The number of aliphatic carboxylic acids is 1. The zero-order valence-electron chi connectivity index (χ0n) is 11.8. The summed E-state index contributed by atoms with van der Waals surface area (Å²) in [5, 5.41) is 9.88. The van der Waals surface area contributed by atoms with Gasteiger partial charge in [0.2, 0.25) is 0 Å². The summed E-state index contributed by atoms with van der Waals surface area (Å²) in [4.78, 5) is 10.9. The van der Waals surface area contributed by atoms with Crippen LogP contribution in [0.25, 0.3) is 0 Å². The number of rotatable bonds is 4. The van der Waals surface area contributed by atoms with Crippen LogP contribution in [-0.4, -0.2) is 26.7 Å². The molecule has 0 amide bonds. The average molecular weight is 314 g/mol. The van der Waals surface area contributed by atoms with E-state index in [9.17, 15) is 4.79 Å². The van der Waals surface area contributed by atoms with Gasteiger partial charge in [0.25, 0.3) is 0 Å². The topological polar surface area (TPSA) is 40.5 Å². The Hall–Kier alpha value is -0.710. The summed E-state index contributed by atoms with van der Waals surface area (Å²) >= 11 is 7.64. The van der Waals surface area contributed by atoms with Crippen LogP contribution in [-0.2, 0) is 4.79 Å². The fourth-order valence-corrected chi connectivity index (χ4v) is 4.13. The summed E-state index contributed by atoms with van der Waals surface area (Å²) in [6.45, 7) is 4.30. The largest absolute Gasteiger partial charge is 0.481 e. The number of carbonyl (C=O) groups is 1. The first-order valence-corrected chi connectivity index (χ1v) is 8.11. The van der Waals surface area contributed by atoms with Crippen LogP contribution in [0.2, 0.25) is 5.02 Å². The van der Waals surface area contributed by atoms with Crippen LogP contribution >= 0.6 is 23.5 Å². The monoisotopic (exact) mass is 313 g/mol. The lowest BCUT2D eigenvalue weighted by Gasteiger charge is -2.41. The van der Waals surface area contributed by atoms with Crippen LogP contribution in [0.15, 0.2) is 24.3 Å². The van der Waals surface area contributed by atoms with Gasteiger partial charge >= 0.3 is 5.97 Å². The van der Waals surface area contributed by atoms with Crippen molar-refractivity contribution in [3.05, 3.63) is 34.9 Å². The molecule has 0 spiro atoms. The second-order valence-electron chi connectivity index (χ2n) is 5.42. The highest BCUT2D eigenvalue weighted by Crippen LogP contribution is 2.43. The lowest BCUT2D eigenvalue weighted by atomic mass is 9.99. The van der Waals surface area contributed by atoms with Gasteiger partial charge in [0.1, 0.15) is 0 Å². The van der Waals surface area contributed by atoms with E-state index in [0.29, 0.717) is 12.1 Å². The number of carboxylic acids is 1. The van der Waals surface area contributed by atoms with Crippen molar-refractivity contribution < 1.29 is 9.90 Å². The van der Waals surface area contributed by atoms with Gasteiger partial charge in [-0.3, -0.25) is 4.79 Å². The molecule has 0 aromatic heterocycles. The van der Waals surface area contributed by atoms with Crippen LogP contribution in [0.5, 0.6) is 0 Å². The Balaban J connectivity index is 2.13. The van der Waals surface area contributed by atoms with E-state index in [-0.39, 0.29) is 11.7 Å². The smallest absolute Gasteiger partial charge is 0.304 e. The SMILES string of the molecule is CC(C)N1S[C@@H](CC(=O)O)CCC1c1ccc(Cl)cc1. The van der Waals surface area contributed by atoms with E-state index >= 15 is 0 Å². The summed E-state index contributed by atoms with van der Waals surface area (Å²) in [6, 6.07) is 8.69. The molecule has 5 heteroatoms. The minimum absolute atomic E-state index is 0.179. The van der Waals surface area contributed by atoms with Crippen LogP contribution in [0.4, 0.5) is 0 Å². The molecule has 2 atom stereocenters. The number of hydrogen-bond acceptors (Lipinski definition) is 3. The minimum atomic E-state index is -0.712. The quantitative estimate of drug-likeness (QED) is 0.838. The number of carboxylic acid groups (broad SMARTS) is 1. The van der Waals surface area contributed by atoms with E-state index in [1.807, 2.05) is 12.1 Å². The van der Waals surface area contributed by atoms with Crippen LogP contribution in [0.1, 0.15) is 44.7 Å². The van der Waals surface area contributed by atoms with Crippen molar-refractivity contribution in [2.24, 2.45) is 0 Å². The summed E-state index contributed by atoms with van der Waals surface area (Å²) in [5.74, 6) is -0.712. The van der Waals surface area contributed by atoms with Gasteiger partial charge in [-0.15, -0.1) is 0 Å². The van der Waals surface area contributed by atoms with Crippen molar-refractivity contribution in [2.75, 3.05) is 0 Å². The molecule has 0 aliphatic carbocycles. The second-order valence-corrected chi connectivity index (χ2v) is 7.16. The van der Waals surface area contributed by atoms with Gasteiger partial charge in [-0.1, -0.05) is 35.7 Å². The Morgan fingerprint density at radius 2 is 2.05 bits per heavy atom. The van der Waals surface area contributed by atoms with Gasteiger partial charge in [-0.25, -0.2) is 4.31 Å². The van der Waals surface area contributed by atoms with E-state index in [0.717, 1.165) is 17.9 Å². The summed E-state index contributed by atoms with van der Waals surface area (Å²) in [6.07, 6.45) is 2.17. The highest BCUT2D eigenvalue weighted by Gasteiger charge is 2.32. The molecule has 20 heavy (non-hydrogen) atoms. The Morgan fingerprint density at radius 1 is 1.40 bits per heavy atom. The van der Waals surface area contributed by atoms with Crippen molar-refractivity contribution >= 4 is 29.5 Å². The minimum Gasteiger partial charge on any atom is -0.481 e. The Labute approximate surface area is 129 Å². The summed E-state index contributed by atoms with van der Waals surface area (Å²) < 4.78 is 2.33. The van der Waals surface area contributed by atoms with Gasteiger partial charge in [-0.05, 0) is 44.4 Å². The molecule has 110 valence electrons. The molecule has 1 N–H and O–H groups in total. The molecule has 1 unspecified atom stereocenters. The van der Waals surface area contributed by atoms with E-state index in [2.05, 4.69) is 30.3 Å². The lowest BCUT2D eigenvalue weighted by Crippen LogP contribution is -2.36. The Bertz CT molecular complexity index is 463. The molecular formula is C15H20ClNO2S. The molecule has 1 heterocycles. The zero-order valence-corrected chi connectivity index (χ0v) is 13.3. The van der Waals surface area contributed by atoms with E-state index < -0.39 is 5.97 Å². The molecule has 3 nitrogen and oxygen atoms in total. The Morgan fingerprint density at radius 3 is 2.60 bits per heavy atom. The van der Waals surface area contributed by atoms with Gasteiger partial charge in [-0.2, -0.15) is 0 Å². The summed E-state index contributed by atoms with van der Waals surface area (Å²) in [5.41, 5.74) is 1.25. The van der Waals surface area contributed by atoms with Crippen LogP contribution in [0.3, 0.4) is 0 Å². The van der Waals surface area contributed by atoms with Gasteiger partial charge < -0.3 is 5.11 Å². The third-order valence-electron chi connectivity index (χ3n) is 3.51. The molecule has 1 saturated heterocycles. The van der Waals surface area contributed by atoms with Crippen molar-refractivity contribution in [2.45, 2.75) is 50.4 Å². The first-order chi connectivity index (χ1) is 9.47. The normalized spacial score (nSPS) is 24.0. The first kappa shape index (κ1) is 15.7. The Kier molecular flexibility index (Phi) is 5.35. The maximum Gasteiger partial charge on any atom is 0.304 e. The maximum atomic E-state index is 10.9. The molecule has 1 aliphatic heterocycles. The number of hydrogen-bond donors (Lipinski definition) is 1. The third kappa shape index (κ3) is 3.90. The zero-order chi connectivity index (χ0) is 14.7. The molecule has 0 radical (unpaired) electrons. The molecule has 1 aliphatic rings. The van der Waals surface area contributed by atoms with Gasteiger partial charge in [0.15, 0.2) is 0 Å². The number of benzene rings is 1. The second kappa shape index (κ2) is 6.83. The first-order valence-electron chi connectivity index (χ1n) is 6.89. The van der Waals surface area contributed by atoms with Gasteiger partial charge in [0, 0.05) is 22.4 Å². The van der Waals surface area contributed by atoms with Crippen LogP contribution < -0.4 is 0 Å². The molecule has 1 aromatic carbocycles. The van der Waals surface area contributed by atoms with Gasteiger partial charge in [0.05, 0.1) is 6.42 Å². The van der Waals surface area contributed by atoms with Crippen molar-refractivity contribution in [3.8, 4) is 0 Å².